The molecule has 0 heterocycles. The fourth-order valence-corrected chi connectivity index (χ4v) is 13.8. The molecule has 0 spiro atoms. The molecule has 0 aliphatic carbocycles. The molecule has 90 heavy (non-hydrogen) atoms. The van der Waals surface area contributed by atoms with Crippen LogP contribution in [0, 0.1) is 13.8 Å². The molecule has 2 nitrogen and oxygen atoms in total. The Hall–Kier alpha value is -8.28. The Morgan fingerprint density at radius 2 is 0.700 bits per heavy atom. The maximum absolute atomic E-state index is 3.63. The Morgan fingerprint density at radius 1 is 0.322 bits per heavy atom. The van der Waals surface area contributed by atoms with Crippen LogP contribution in [0.5, 0.6) is 0 Å². The van der Waals surface area contributed by atoms with E-state index in [9.17, 15) is 0 Å². The van der Waals surface area contributed by atoms with Crippen LogP contribution >= 0.6 is 31.9 Å². The van der Waals surface area contributed by atoms with Gasteiger partial charge in [-0.15, -0.1) is 0 Å². The lowest BCUT2D eigenvalue weighted by molar-refractivity contribution is 0.580. The van der Waals surface area contributed by atoms with Gasteiger partial charge in [0.2, 0.25) is 0 Å². The second-order valence-electron chi connectivity index (χ2n) is 24.8. The Labute approximate surface area is 552 Å². The molecule has 4 heteroatoms. The molecule has 0 fully saturated rings. The van der Waals surface area contributed by atoms with Gasteiger partial charge in [-0.05, 0) is 248 Å². The third-order valence-electron chi connectivity index (χ3n) is 18.4. The van der Waals surface area contributed by atoms with E-state index in [0.717, 1.165) is 38.1 Å². The first-order valence-corrected chi connectivity index (χ1v) is 34.5. The molecule has 0 saturated heterocycles. The van der Waals surface area contributed by atoms with Gasteiger partial charge in [0.05, 0.1) is 0 Å². The number of hydrogen-bond donors (Lipinski definition) is 0. The lowest BCUT2D eigenvalue weighted by Gasteiger charge is -2.27. The summed E-state index contributed by atoms with van der Waals surface area (Å²) >= 11 is 7.26. The summed E-state index contributed by atoms with van der Waals surface area (Å²) in [6.45, 7) is 11.6. The number of benzene rings is 12. The van der Waals surface area contributed by atoms with Gasteiger partial charge in [-0.25, -0.2) is 0 Å². The number of unbranched alkanes of at least 4 members (excludes halogenated alkanes) is 8. The highest BCUT2D eigenvalue weighted by molar-refractivity contribution is 9.10. The Kier molecular flexibility index (Phi) is 20.0. The van der Waals surface area contributed by atoms with Crippen LogP contribution in [-0.2, 0) is 6.42 Å². The van der Waals surface area contributed by atoms with Crippen LogP contribution in [0.4, 0.5) is 34.1 Å². The fraction of sp³-hybridized carbons (Fsp3) is 0.209. The van der Waals surface area contributed by atoms with Gasteiger partial charge >= 0.3 is 0 Å². The smallest absolute Gasteiger partial charge is 0.0467 e. The zero-order chi connectivity index (χ0) is 61.9. The summed E-state index contributed by atoms with van der Waals surface area (Å²) in [4.78, 5) is 4.89. The van der Waals surface area contributed by atoms with Gasteiger partial charge in [0.25, 0.3) is 0 Å². The minimum Gasteiger partial charge on any atom is -0.310 e. The summed E-state index contributed by atoms with van der Waals surface area (Å²) in [6, 6.07) is 95.6. The predicted octanol–water partition coefficient (Wildman–Crippen LogP) is 27.4. The Morgan fingerprint density at radius 3 is 1.19 bits per heavy atom. The summed E-state index contributed by atoms with van der Waals surface area (Å²) in [5.74, 6) is 0.468. The molecule has 0 radical (unpaired) electrons. The van der Waals surface area contributed by atoms with Crippen molar-refractivity contribution < 1.29 is 0 Å². The third-order valence-corrected chi connectivity index (χ3v) is 19.4. The number of fused-ring (bicyclic) bond motifs is 2. The number of anilines is 6. The molecule has 0 amide bonds. The zero-order valence-electron chi connectivity index (χ0n) is 53.0. The van der Waals surface area contributed by atoms with Crippen LogP contribution in [0.25, 0.3) is 77.2 Å². The average Bonchev–Trinajstić information content (AvgIpc) is 0.773. The van der Waals surface area contributed by atoms with E-state index < -0.39 is 0 Å². The minimum absolute atomic E-state index is 0.468. The van der Waals surface area contributed by atoms with Gasteiger partial charge < -0.3 is 9.80 Å². The maximum atomic E-state index is 3.63. The highest BCUT2D eigenvalue weighted by Crippen LogP contribution is 2.45. The molecule has 0 N–H and O–H groups in total. The molecular weight excluding hydrogens is 1220 g/mol. The molecule has 0 aliphatic heterocycles. The SMILES string of the molecule is CCCCCCCCc1cccc(N(c2ccc(-c3ccc(Br)cc3)cc2)c2cccc(-c3ccc4ccc(C)c(-c5c(C)ccc6ccc(-c7cccc(N(c8ccc(-c9ccc(Br)cc9)cc8)c8cccc(C(C)CCCCCC)c8)c7)cc56)c4c3)c2)c1. The quantitative estimate of drug-likeness (QED) is 0.0557. The van der Waals surface area contributed by atoms with Gasteiger partial charge in [-0.2, -0.15) is 0 Å². The van der Waals surface area contributed by atoms with Crippen molar-refractivity contribution in [2.75, 3.05) is 9.80 Å². The molecule has 1 unspecified atom stereocenters. The van der Waals surface area contributed by atoms with Gasteiger partial charge in [0.15, 0.2) is 0 Å². The van der Waals surface area contributed by atoms with E-state index in [-0.39, 0.29) is 0 Å². The maximum Gasteiger partial charge on any atom is 0.0467 e. The number of halogens is 2. The summed E-state index contributed by atoms with van der Waals surface area (Å²) in [5, 5.41) is 4.96. The number of nitrogens with zero attached hydrogens (tertiary/aromatic N) is 2. The van der Waals surface area contributed by atoms with Crippen molar-refractivity contribution in [3.8, 4) is 55.6 Å². The topological polar surface area (TPSA) is 6.48 Å². The highest BCUT2D eigenvalue weighted by atomic mass is 79.9. The van der Waals surface area contributed by atoms with Crippen LogP contribution in [0.15, 0.2) is 264 Å². The van der Waals surface area contributed by atoms with Crippen LogP contribution in [0.1, 0.15) is 120 Å². The Balaban J connectivity index is 0.908. The predicted molar refractivity (Wildman–Crippen MR) is 397 cm³/mol. The van der Waals surface area contributed by atoms with Crippen molar-refractivity contribution in [1.82, 2.24) is 0 Å². The third kappa shape index (κ3) is 14.3. The summed E-state index contributed by atoms with van der Waals surface area (Å²) in [7, 11) is 0. The molecule has 0 saturated carbocycles. The molecule has 1 atom stereocenters. The number of rotatable bonds is 24. The first kappa shape index (κ1) is 61.9. The Bertz CT molecular complexity index is 4390. The first-order valence-electron chi connectivity index (χ1n) is 32.9. The molecule has 12 aromatic rings. The van der Waals surface area contributed by atoms with E-state index in [1.807, 2.05) is 0 Å². The van der Waals surface area contributed by atoms with Crippen molar-refractivity contribution in [2.24, 2.45) is 0 Å². The van der Waals surface area contributed by atoms with Crippen molar-refractivity contribution in [1.29, 1.82) is 0 Å². The van der Waals surface area contributed by atoms with Crippen LogP contribution in [0.2, 0.25) is 0 Å². The van der Waals surface area contributed by atoms with E-state index >= 15 is 0 Å². The van der Waals surface area contributed by atoms with Gasteiger partial charge in [0, 0.05) is 43.1 Å². The molecule has 450 valence electrons. The molecule has 0 aliphatic rings. The summed E-state index contributed by atoms with van der Waals surface area (Å²) in [5.41, 5.74) is 24.2. The second-order valence-corrected chi connectivity index (χ2v) is 26.6. The van der Waals surface area contributed by atoms with E-state index in [2.05, 4.69) is 331 Å². The lowest BCUT2D eigenvalue weighted by Crippen LogP contribution is -2.10. The van der Waals surface area contributed by atoms with Crippen molar-refractivity contribution >= 4 is 87.5 Å². The molecule has 12 aromatic carbocycles. The van der Waals surface area contributed by atoms with Gasteiger partial charge in [-0.3, -0.25) is 0 Å². The fourth-order valence-electron chi connectivity index (χ4n) is 13.3. The molecule has 12 rings (SSSR count). The van der Waals surface area contributed by atoms with Crippen LogP contribution in [0.3, 0.4) is 0 Å². The monoisotopic (exact) mass is 1300 g/mol. The van der Waals surface area contributed by atoms with Crippen molar-refractivity contribution in [3.63, 3.8) is 0 Å². The number of hydrogen-bond acceptors (Lipinski definition) is 2. The van der Waals surface area contributed by atoms with E-state index in [4.69, 9.17) is 0 Å². The summed E-state index contributed by atoms with van der Waals surface area (Å²) in [6.07, 6.45) is 15.1. The normalized spacial score (nSPS) is 11.8. The highest BCUT2D eigenvalue weighted by Gasteiger charge is 2.21. The number of aryl methyl sites for hydroxylation is 3. The first-order chi connectivity index (χ1) is 44.1. The average molecular weight is 1300 g/mol. The molecule has 0 aromatic heterocycles. The van der Waals surface area contributed by atoms with Crippen LogP contribution < -0.4 is 9.80 Å². The van der Waals surface area contributed by atoms with E-state index in [0.29, 0.717) is 5.92 Å². The van der Waals surface area contributed by atoms with E-state index in [1.165, 1.54) is 181 Å². The largest absolute Gasteiger partial charge is 0.310 e. The molecule has 0 bridgehead atoms. The van der Waals surface area contributed by atoms with Crippen LogP contribution in [-0.4, -0.2) is 0 Å². The van der Waals surface area contributed by atoms with Crippen molar-refractivity contribution in [2.45, 2.75) is 118 Å². The van der Waals surface area contributed by atoms with Crippen molar-refractivity contribution in [3.05, 3.63) is 286 Å². The minimum atomic E-state index is 0.468. The summed E-state index contributed by atoms with van der Waals surface area (Å²) < 4.78 is 2.16. The zero-order valence-corrected chi connectivity index (χ0v) is 56.1. The van der Waals surface area contributed by atoms with Gasteiger partial charge in [-0.1, -0.05) is 256 Å². The molecular formula is C86H82Br2N2. The van der Waals surface area contributed by atoms with E-state index in [1.54, 1.807) is 0 Å². The van der Waals surface area contributed by atoms with Gasteiger partial charge in [0.1, 0.15) is 0 Å². The second kappa shape index (κ2) is 29.1. The lowest BCUT2D eigenvalue weighted by atomic mass is 9.86. The standard InChI is InChI=1S/C86H82Br2N2/c1-6-8-10-12-13-15-21-63-22-16-26-79(54-63)89(77-50-42-66(43-51-77)64-38-46-75(87)47-39-64)81-28-18-24-71(56-81)73-36-34-68-32-30-61(4)85(83(68)58-73)86-62(5)31-33-69-35-37-74(59-84(69)86)72-25-19-29-82(57-72)90(78-52-44-67(45-53-78)65-40-48-76(88)49-41-65)80-27-17-23-70(55-80)60(3)20-14-11-9-7-2/h16-19,22-60H,6-15,20-21H2,1-5H3.